The molecular formula is C15H20BrNO. The van der Waals surface area contributed by atoms with Crippen LogP contribution in [0.3, 0.4) is 0 Å². The molecule has 1 aromatic carbocycles. The maximum absolute atomic E-state index is 11.6. The standard InChI is InChI=1S/C15H20BrNO/c1-17(9-8-13-5-3-7-15(13)18)11-12-4-2-6-14(16)10-12/h2,4,6,10,13H,3,5,7-9,11H2,1H3. The molecule has 1 aliphatic rings. The summed E-state index contributed by atoms with van der Waals surface area (Å²) >= 11 is 3.49. The molecule has 1 aromatic rings. The molecule has 98 valence electrons. The molecule has 1 atom stereocenters. The molecule has 1 saturated carbocycles. The summed E-state index contributed by atoms with van der Waals surface area (Å²) in [4.78, 5) is 13.9. The Morgan fingerprint density at radius 2 is 2.28 bits per heavy atom. The van der Waals surface area contributed by atoms with Gasteiger partial charge < -0.3 is 4.90 Å². The lowest BCUT2D eigenvalue weighted by Crippen LogP contribution is -2.22. The number of Topliss-reactive ketones (excluding diaryl/α,β-unsaturated/α-hetero) is 1. The lowest BCUT2D eigenvalue weighted by Gasteiger charge is -2.18. The summed E-state index contributed by atoms with van der Waals surface area (Å²) in [5.41, 5.74) is 1.31. The lowest BCUT2D eigenvalue weighted by atomic mass is 10.0. The van der Waals surface area contributed by atoms with Crippen LogP contribution in [-0.2, 0) is 11.3 Å². The van der Waals surface area contributed by atoms with E-state index in [2.05, 4.69) is 46.1 Å². The molecule has 0 bridgehead atoms. The normalized spacial score (nSPS) is 19.7. The number of halogens is 1. The summed E-state index contributed by atoms with van der Waals surface area (Å²) < 4.78 is 1.12. The van der Waals surface area contributed by atoms with Gasteiger partial charge in [-0.3, -0.25) is 4.79 Å². The summed E-state index contributed by atoms with van der Waals surface area (Å²) in [6.07, 6.45) is 4.02. The smallest absolute Gasteiger partial charge is 0.136 e. The van der Waals surface area contributed by atoms with Gasteiger partial charge in [0.25, 0.3) is 0 Å². The first kappa shape index (κ1) is 13.8. The van der Waals surface area contributed by atoms with E-state index in [9.17, 15) is 4.79 Å². The molecule has 3 heteroatoms. The molecule has 0 spiro atoms. The van der Waals surface area contributed by atoms with E-state index in [-0.39, 0.29) is 0 Å². The Morgan fingerprint density at radius 3 is 2.94 bits per heavy atom. The molecule has 0 heterocycles. The number of carbonyl (C=O) groups is 1. The third-order valence-corrected chi connectivity index (χ3v) is 4.13. The highest BCUT2D eigenvalue weighted by Crippen LogP contribution is 2.24. The largest absolute Gasteiger partial charge is 0.302 e. The van der Waals surface area contributed by atoms with Crippen molar-refractivity contribution in [3.8, 4) is 0 Å². The zero-order chi connectivity index (χ0) is 13.0. The number of ketones is 1. The summed E-state index contributed by atoms with van der Waals surface area (Å²) in [5, 5.41) is 0. The fourth-order valence-electron chi connectivity index (χ4n) is 2.60. The molecule has 18 heavy (non-hydrogen) atoms. The number of carbonyl (C=O) groups excluding carboxylic acids is 1. The molecule has 0 aromatic heterocycles. The Labute approximate surface area is 117 Å². The van der Waals surface area contributed by atoms with Crippen molar-refractivity contribution in [2.24, 2.45) is 5.92 Å². The maximum Gasteiger partial charge on any atom is 0.136 e. The van der Waals surface area contributed by atoms with E-state index in [0.29, 0.717) is 11.7 Å². The van der Waals surface area contributed by atoms with E-state index < -0.39 is 0 Å². The van der Waals surface area contributed by atoms with E-state index in [1.165, 1.54) is 5.56 Å². The molecule has 0 amide bonds. The molecule has 1 unspecified atom stereocenters. The number of hydrogen-bond acceptors (Lipinski definition) is 2. The van der Waals surface area contributed by atoms with Gasteiger partial charge in [0.15, 0.2) is 0 Å². The van der Waals surface area contributed by atoms with Gasteiger partial charge in [-0.05, 0) is 50.6 Å². The monoisotopic (exact) mass is 309 g/mol. The Bertz CT molecular complexity index is 419. The van der Waals surface area contributed by atoms with Gasteiger partial charge in [-0.2, -0.15) is 0 Å². The highest BCUT2D eigenvalue weighted by atomic mass is 79.9. The zero-order valence-corrected chi connectivity index (χ0v) is 12.4. The van der Waals surface area contributed by atoms with E-state index in [0.717, 1.165) is 43.2 Å². The molecule has 2 rings (SSSR count). The third-order valence-electron chi connectivity index (χ3n) is 3.63. The SMILES string of the molecule is CN(CCC1CCCC1=O)Cc1cccc(Br)c1. The number of nitrogens with zero attached hydrogens (tertiary/aromatic N) is 1. The van der Waals surface area contributed by atoms with Crippen LogP contribution >= 0.6 is 15.9 Å². The topological polar surface area (TPSA) is 20.3 Å². The van der Waals surface area contributed by atoms with Crippen molar-refractivity contribution in [3.05, 3.63) is 34.3 Å². The zero-order valence-electron chi connectivity index (χ0n) is 10.9. The number of hydrogen-bond donors (Lipinski definition) is 0. The van der Waals surface area contributed by atoms with Gasteiger partial charge in [0.05, 0.1) is 0 Å². The van der Waals surface area contributed by atoms with Crippen LogP contribution in [0.2, 0.25) is 0 Å². The van der Waals surface area contributed by atoms with Crippen molar-refractivity contribution < 1.29 is 4.79 Å². The summed E-state index contributed by atoms with van der Waals surface area (Å²) in [7, 11) is 2.13. The minimum Gasteiger partial charge on any atom is -0.302 e. The van der Waals surface area contributed by atoms with Crippen LogP contribution < -0.4 is 0 Å². The lowest BCUT2D eigenvalue weighted by molar-refractivity contribution is -0.120. The van der Waals surface area contributed by atoms with Crippen LogP contribution in [0.5, 0.6) is 0 Å². The number of benzene rings is 1. The molecule has 0 N–H and O–H groups in total. The van der Waals surface area contributed by atoms with Crippen LogP contribution in [0.1, 0.15) is 31.2 Å². The average molecular weight is 310 g/mol. The summed E-state index contributed by atoms with van der Waals surface area (Å²) in [6.45, 7) is 1.95. The molecule has 1 aliphatic carbocycles. The minimum absolute atomic E-state index is 0.329. The molecule has 0 radical (unpaired) electrons. The summed E-state index contributed by atoms with van der Waals surface area (Å²) in [6, 6.07) is 8.40. The van der Waals surface area contributed by atoms with Crippen LogP contribution in [-0.4, -0.2) is 24.3 Å². The fourth-order valence-corrected chi connectivity index (χ4v) is 3.04. The fraction of sp³-hybridized carbons (Fsp3) is 0.533. The van der Waals surface area contributed by atoms with Gasteiger partial charge in [0, 0.05) is 23.4 Å². The van der Waals surface area contributed by atoms with E-state index in [1.807, 2.05) is 6.07 Å². The van der Waals surface area contributed by atoms with E-state index in [1.54, 1.807) is 0 Å². The first-order valence-electron chi connectivity index (χ1n) is 6.61. The first-order valence-corrected chi connectivity index (χ1v) is 7.40. The molecule has 1 fully saturated rings. The minimum atomic E-state index is 0.329. The van der Waals surface area contributed by atoms with Gasteiger partial charge in [-0.25, -0.2) is 0 Å². The molecule has 0 aliphatic heterocycles. The Morgan fingerprint density at radius 1 is 1.44 bits per heavy atom. The van der Waals surface area contributed by atoms with Gasteiger partial charge >= 0.3 is 0 Å². The summed E-state index contributed by atoms with van der Waals surface area (Å²) in [5.74, 6) is 0.806. The van der Waals surface area contributed by atoms with Crippen molar-refractivity contribution in [2.75, 3.05) is 13.6 Å². The second-order valence-electron chi connectivity index (χ2n) is 5.21. The van der Waals surface area contributed by atoms with Crippen LogP contribution in [0.25, 0.3) is 0 Å². The van der Waals surface area contributed by atoms with Gasteiger partial charge in [-0.15, -0.1) is 0 Å². The third kappa shape index (κ3) is 3.92. The quantitative estimate of drug-likeness (QED) is 0.827. The number of rotatable bonds is 5. The van der Waals surface area contributed by atoms with Crippen molar-refractivity contribution >= 4 is 21.7 Å². The van der Waals surface area contributed by atoms with Crippen molar-refractivity contribution in [2.45, 2.75) is 32.2 Å². The van der Waals surface area contributed by atoms with Gasteiger partial charge in [-0.1, -0.05) is 28.1 Å². The highest BCUT2D eigenvalue weighted by Gasteiger charge is 2.23. The second kappa shape index (κ2) is 6.48. The van der Waals surface area contributed by atoms with Crippen LogP contribution in [0, 0.1) is 5.92 Å². The van der Waals surface area contributed by atoms with Gasteiger partial charge in [0.2, 0.25) is 0 Å². The predicted molar refractivity (Wildman–Crippen MR) is 77.4 cm³/mol. The second-order valence-corrected chi connectivity index (χ2v) is 6.13. The molecule has 0 saturated heterocycles. The van der Waals surface area contributed by atoms with Crippen molar-refractivity contribution in [1.29, 1.82) is 0 Å². The maximum atomic E-state index is 11.6. The highest BCUT2D eigenvalue weighted by molar-refractivity contribution is 9.10. The van der Waals surface area contributed by atoms with Gasteiger partial charge in [0.1, 0.15) is 5.78 Å². The first-order chi connectivity index (χ1) is 8.65. The molecule has 2 nitrogen and oxygen atoms in total. The Hall–Kier alpha value is -0.670. The van der Waals surface area contributed by atoms with Crippen molar-refractivity contribution in [3.63, 3.8) is 0 Å². The molecular weight excluding hydrogens is 290 g/mol. The Kier molecular flexibility index (Phi) is 4.95. The van der Waals surface area contributed by atoms with Crippen LogP contribution in [0.15, 0.2) is 28.7 Å². The Balaban J connectivity index is 1.78. The van der Waals surface area contributed by atoms with E-state index in [4.69, 9.17) is 0 Å². The van der Waals surface area contributed by atoms with Crippen molar-refractivity contribution in [1.82, 2.24) is 4.90 Å². The average Bonchev–Trinajstić information content (AvgIpc) is 2.72. The van der Waals surface area contributed by atoms with Crippen LogP contribution in [0.4, 0.5) is 0 Å². The van der Waals surface area contributed by atoms with E-state index >= 15 is 0 Å². The predicted octanol–water partition coefficient (Wildman–Crippen LogP) is 3.64.